The molecule has 0 unspecified atom stereocenters. The fourth-order valence-electron chi connectivity index (χ4n) is 1.18. The van der Waals surface area contributed by atoms with Gasteiger partial charge >= 0.3 is 0 Å². The zero-order valence-electron chi connectivity index (χ0n) is 7.68. The third kappa shape index (κ3) is 2.19. The number of thioether (sulfide) groups is 1. The predicted octanol–water partition coefficient (Wildman–Crippen LogP) is 1.64. The smallest absolute Gasteiger partial charge is 0.264 e. The maximum Gasteiger partial charge on any atom is 0.264 e. The lowest BCUT2D eigenvalue weighted by atomic mass is 10.2. The van der Waals surface area contributed by atoms with Gasteiger partial charge in [0, 0.05) is 0 Å². The first-order chi connectivity index (χ1) is 7.29. The van der Waals surface area contributed by atoms with Crippen LogP contribution in [0.5, 0.6) is 0 Å². The Bertz CT molecular complexity index is 440. The first-order valence-electron chi connectivity index (χ1n) is 4.27. The summed E-state index contributed by atoms with van der Waals surface area (Å²) < 4.78 is 0. The van der Waals surface area contributed by atoms with Crippen LogP contribution >= 0.6 is 11.8 Å². The van der Waals surface area contributed by atoms with Gasteiger partial charge in [0.2, 0.25) is 5.17 Å². The van der Waals surface area contributed by atoms with Gasteiger partial charge in [0.05, 0.1) is 4.91 Å². The lowest BCUT2D eigenvalue weighted by Gasteiger charge is -1.92. The SMILES string of the molecule is O=C1N/C(=N\O)S/C1=C\c1ccccc1. The number of oxime groups is 1. The molecule has 4 nitrogen and oxygen atoms in total. The van der Waals surface area contributed by atoms with Crippen LogP contribution < -0.4 is 5.32 Å². The molecule has 0 bridgehead atoms. The second-order valence-electron chi connectivity index (χ2n) is 2.88. The number of nitrogens with zero attached hydrogens (tertiary/aromatic N) is 1. The molecule has 5 heteroatoms. The van der Waals surface area contributed by atoms with Crippen LogP contribution in [0.4, 0.5) is 0 Å². The van der Waals surface area contributed by atoms with Gasteiger partial charge in [-0.3, -0.25) is 10.1 Å². The molecule has 2 rings (SSSR count). The molecule has 76 valence electrons. The van der Waals surface area contributed by atoms with Gasteiger partial charge in [0.25, 0.3) is 5.91 Å². The first-order valence-corrected chi connectivity index (χ1v) is 5.09. The topological polar surface area (TPSA) is 61.7 Å². The second kappa shape index (κ2) is 4.18. The van der Waals surface area contributed by atoms with Crippen LogP contribution in [0.3, 0.4) is 0 Å². The van der Waals surface area contributed by atoms with E-state index in [1.807, 2.05) is 30.3 Å². The Morgan fingerprint density at radius 1 is 1.33 bits per heavy atom. The fourth-order valence-corrected chi connectivity index (χ4v) is 1.91. The molecule has 1 aromatic carbocycles. The number of carbonyl (C=O) groups is 1. The highest BCUT2D eigenvalue weighted by atomic mass is 32.2. The third-order valence-corrected chi connectivity index (χ3v) is 2.74. The normalized spacial score (nSPS) is 20.9. The van der Waals surface area contributed by atoms with Crippen LogP contribution in [0, 0.1) is 0 Å². The number of carbonyl (C=O) groups excluding carboxylic acids is 1. The van der Waals surface area contributed by atoms with Gasteiger partial charge in [0.15, 0.2) is 0 Å². The molecule has 1 heterocycles. The second-order valence-corrected chi connectivity index (χ2v) is 3.91. The summed E-state index contributed by atoms with van der Waals surface area (Å²) in [4.78, 5) is 11.9. The molecule has 0 saturated carbocycles. The average molecular weight is 220 g/mol. The van der Waals surface area contributed by atoms with Crippen molar-refractivity contribution in [3.63, 3.8) is 0 Å². The lowest BCUT2D eigenvalue weighted by Crippen LogP contribution is -2.19. The molecule has 1 aromatic rings. The van der Waals surface area contributed by atoms with Crippen LogP contribution in [-0.4, -0.2) is 16.3 Å². The highest BCUT2D eigenvalue weighted by molar-refractivity contribution is 8.18. The highest BCUT2D eigenvalue weighted by Crippen LogP contribution is 2.25. The summed E-state index contributed by atoms with van der Waals surface area (Å²) in [7, 11) is 0. The van der Waals surface area contributed by atoms with E-state index in [4.69, 9.17) is 5.21 Å². The largest absolute Gasteiger partial charge is 0.409 e. The van der Waals surface area contributed by atoms with E-state index in [1.165, 1.54) is 0 Å². The van der Waals surface area contributed by atoms with E-state index < -0.39 is 0 Å². The van der Waals surface area contributed by atoms with Crippen molar-refractivity contribution in [2.75, 3.05) is 0 Å². The van der Waals surface area contributed by atoms with Gasteiger partial charge in [-0.1, -0.05) is 35.5 Å². The maximum absolute atomic E-state index is 11.4. The van der Waals surface area contributed by atoms with E-state index >= 15 is 0 Å². The van der Waals surface area contributed by atoms with Crippen molar-refractivity contribution in [3.05, 3.63) is 40.8 Å². The van der Waals surface area contributed by atoms with Gasteiger partial charge in [-0.25, -0.2) is 0 Å². The summed E-state index contributed by atoms with van der Waals surface area (Å²) in [5, 5.41) is 14.1. The Balaban J connectivity index is 2.26. The Hall–Kier alpha value is -1.75. The van der Waals surface area contributed by atoms with E-state index in [9.17, 15) is 4.79 Å². The van der Waals surface area contributed by atoms with E-state index in [-0.39, 0.29) is 11.1 Å². The minimum atomic E-state index is -0.239. The Labute approximate surface area is 90.7 Å². The van der Waals surface area contributed by atoms with Crippen molar-refractivity contribution in [1.82, 2.24) is 5.32 Å². The molecule has 0 aliphatic carbocycles. The molecule has 1 fully saturated rings. The molecular formula is C10H8N2O2S. The van der Waals surface area contributed by atoms with E-state index in [0.29, 0.717) is 4.91 Å². The zero-order valence-corrected chi connectivity index (χ0v) is 8.49. The number of benzene rings is 1. The minimum Gasteiger partial charge on any atom is -0.409 e. The number of hydrogen-bond donors (Lipinski definition) is 2. The van der Waals surface area contributed by atoms with Crippen LogP contribution in [0.15, 0.2) is 40.4 Å². The molecule has 1 saturated heterocycles. The molecule has 2 N–H and O–H groups in total. The highest BCUT2D eigenvalue weighted by Gasteiger charge is 2.23. The van der Waals surface area contributed by atoms with Crippen molar-refractivity contribution >= 4 is 28.9 Å². The molecule has 0 spiro atoms. The summed E-state index contributed by atoms with van der Waals surface area (Å²) in [6.45, 7) is 0. The summed E-state index contributed by atoms with van der Waals surface area (Å²) in [6, 6.07) is 9.49. The number of nitrogens with one attached hydrogen (secondary N) is 1. The van der Waals surface area contributed by atoms with Crippen molar-refractivity contribution in [2.45, 2.75) is 0 Å². The molecule has 15 heavy (non-hydrogen) atoms. The lowest BCUT2D eigenvalue weighted by molar-refractivity contribution is -0.115. The molecule has 1 aliphatic heterocycles. The predicted molar refractivity (Wildman–Crippen MR) is 59.4 cm³/mol. The summed E-state index contributed by atoms with van der Waals surface area (Å²) in [5.41, 5.74) is 0.939. The molecule has 0 atom stereocenters. The maximum atomic E-state index is 11.4. The molecule has 0 aromatic heterocycles. The van der Waals surface area contributed by atoms with E-state index in [0.717, 1.165) is 17.3 Å². The van der Waals surface area contributed by atoms with Gasteiger partial charge in [-0.2, -0.15) is 0 Å². The van der Waals surface area contributed by atoms with E-state index in [2.05, 4.69) is 10.5 Å². The fraction of sp³-hybridized carbons (Fsp3) is 0. The van der Waals surface area contributed by atoms with Gasteiger partial charge in [-0.15, -0.1) is 0 Å². The summed E-state index contributed by atoms with van der Waals surface area (Å²) in [5.74, 6) is -0.239. The number of amidine groups is 1. The Kier molecular flexibility index (Phi) is 2.73. The van der Waals surface area contributed by atoms with Crippen LogP contribution in [0.1, 0.15) is 5.56 Å². The van der Waals surface area contributed by atoms with Crippen LogP contribution in [-0.2, 0) is 4.79 Å². The monoisotopic (exact) mass is 220 g/mol. The van der Waals surface area contributed by atoms with E-state index in [1.54, 1.807) is 6.08 Å². The first kappa shape index (κ1) is 9.79. The van der Waals surface area contributed by atoms with Gasteiger partial charge in [0.1, 0.15) is 0 Å². The molecular weight excluding hydrogens is 212 g/mol. The van der Waals surface area contributed by atoms with Gasteiger partial charge in [-0.05, 0) is 23.4 Å². The number of rotatable bonds is 1. The van der Waals surface area contributed by atoms with Gasteiger partial charge < -0.3 is 5.21 Å². The van der Waals surface area contributed by atoms with Crippen molar-refractivity contribution in [1.29, 1.82) is 0 Å². The quantitative estimate of drug-likeness (QED) is 0.429. The average Bonchev–Trinajstić information content (AvgIpc) is 2.61. The van der Waals surface area contributed by atoms with Crippen molar-refractivity contribution < 1.29 is 10.0 Å². The van der Waals surface area contributed by atoms with Crippen molar-refractivity contribution in [3.8, 4) is 0 Å². The number of hydrogen-bond acceptors (Lipinski definition) is 4. The van der Waals surface area contributed by atoms with Crippen LogP contribution in [0.2, 0.25) is 0 Å². The Morgan fingerprint density at radius 3 is 2.67 bits per heavy atom. The molecule has 0 radical (unpaired) electrons. The molecule has 1 amide bonds. The van der Waals surface area contributed by atoms with Crippen LogP contribution in [0.25, 0.3) is 6.08 Å². The Morgan fingerprint density at radius 2 is 2.07 bits per heavy atom. The minimum absolute atomic E-state index is 0.210. The van der Waals surface area contributed by atoms with Crippen molar-refractivity contribution in [2.24, 2.45) is 5.16 Å². The third-order valence-electron chi connectivity index (χ3n) is 1.84. The zero-order chi connectivity index (χ0) is 10.7. The summed E-state index contributed by atoms with van der Waals surface area (Å²) >= 11 is 1.11. The number of amides is 1. The molecule has 1 aliphatic rings. The standard InChI is InChI=1S/C10H8N2O2S/c13-9-8(15-10(11-9)12-14)6-7-4-2-1-3-5-7/h1-6,14H,(H,11,12,13)/b8-6-. The summed E-state index contributed by atoms with van der Waals surface area (Å²) in [6.07, 6.45) is 1.75.